The molecular weight excluding hydrogens is 452 g/mol. The average Bonchev–Trinajstić information content (AvgIpc) is 3.14. The minimum Gasteiger partial charge on any atom is -0.473 e. The maximum absolute atomic E-state index is 13.8. The highest BCUT2D eigenvalue weighted by Crippen LogP contribution is 2.31. The Morgan fingerprint density at radius 3 is 2.72 bits per heavy atom. The molecule has 32 heavy (non-hydrogen) atoms. The molecule has 4 rings (SSSR count). The van der Waals surface area contributed by atoms with E-state index in [4.69, 9.17) is 16.3 Å². The number of amides is 1. The van der Waals surface area contributed by atoms with Crippen LogP contribution in [0.2, 0.25) is 5.02 Å². The lowest BCUT2D eigenvalue weighted by Gasteiger charge is -2.37. The van der Waals surface area contributed by atoms with Crippen LogP contribution in [0.15, 0.2) is 42.7 Å². The summed E-state index contributed by atoms with van der Waals surface area (Å²) in [7, 11) is 0. The first-order chi connectivity index (χ1) is 15.1. The van der Waals surface area contributed by atoms with Crippen LogP contribution in [0, 0.1) is 5.82 Å². The van der Waals surface area contributed by atoms with Gasteiger partial charge in [0.1, 0.15) is 17.2 Å². The first-order valence-corrected chi connectivity index (χ1v) is 10.2. The first kappa shape index (κ1) is 22.3. The number of benzene rings is 1. The molecule has 0 radical (unpaired) electrons. The van der Waals surface area contributed by atoms with Gasteiger partial charge < -0.3 is 14.5 Å². The lowest BCUT2D eigenvalue weighted by Crippen LogP contribution is -2.56. The summed E-state index contributed by atoms with van der Waals surface area (Å²) in [4.78, 5) is 16.0. The molecule has 11 heteroatoms. The molecule has 1 unspecified atom stereocenters. The van der Waals surface area contributed by atoms with Gasteiger partial charge in [0.25, 0.3) is 0 Å². The standard InChI is InChI=1S/C21H19ClF4N4O2/c1-11(31)27-17-6-5-16(29-20(17)32-13-3-4-14(22)15(23)8-13)18-10-30-9-12(21(24,25)26)2-7-19(30)28-18/h2-4,7-10,16-17,20,29H,5-6H2,1H3,(H,27,31)/t16-,17+,20?/m1/s1. The number of hydrogen-bond donors (Lipinski definition) is 2. The summed E-state index contributed by atoms with van der Waals surface area (Å²) >= 11 is 5.72. The average molecular weight is 471 g/mol. The number of alkyl halides is 3. The first-order valence-electron chi connectivity index (χ1n) is 9.81. The monoisotopic (exact) mass is 470 g/mol. The van der Waals surface area contributed by atoms with Crippen molar-refractivity contribution in [3.63, 3.8) is 0 Å². The zero-order valence-electron chi connectivity index (χ0n) is 16.8. The van der Waals surface area contributed by atoms with Gasteiger partial charge in [0.2, 0.25) is 5.91 Å². The third kappa shape index (κ3) is 4.81. The van der Waals surface area contributed by atoms with Gasteiger partial charge in [-0.05, 0) is 37.1 Å². The molecule has 170 valence electrons. The second-order valence-corrected chi connectivity index (χ2v) is 7.97. The second kappa shape index (κ2) is 8.59. The Morgan fingerprint density at radius 2 is 2.03 bits per heavy atom. The van der Waals surface area contributed by atoms with Crippen LogP contribution in [-0.2, 0) is 11.0 Å². The zero-order valence-corrected chi connectivity index (χ0v) is 17.5. The molecule has 0 aliphatic carbocycles. The van der Waals surface area contributed by atoms with Gasteiger partial charge in [-0.1, -0.05) is 11.6 Å². The summed E-state index contributed by atoms with van der Waals surface area (Å²) in [5.74, 6) is -0.683. The Morgan fingerprint density at radius 1 is 1.25 bits per heavy atom. The second-order valence-electron chi connectivity index (χ2n) is 7.56. The van der Waals surface area contributed by atoms with Gasteiger partial charge in [-0.15, -0.1) is 0 Å². The number of piperidine rings is 1. The zero-order chi connectivity index (χ0) is 23.0. The van der Waals surface area contributed by atoms with Gasteiger partial charge in [0.15, 0.2) is 6.23 Å². The predicted molar refractivity (Wildman–Crippen MR) is 109 cm³/mol. The third-order valence-corrected chi connectivity index (χ3v) is 5.50. The number of imidazole rings is 1. The van der Waals surface area contributed by atoms with E-state index in [-0.39, 0.29) is 22.7 Å². The maximum atomic E-state index is 13.8. The number of carbonyl (C=O) groups is 1. The quantitative estimate of drug-likeness (QED) is 0.552. The summed E-state index contributed by atoms with van der Waals surface area (Å²) in [6.45, 7) is 1.38. The number of nitrogens with one attached hydrogen (secondary N) is 2. The largest absolute Gasteiger partial charge is 0.473 e. The van der Waals surface area contributed by atoms with Crippen LogP contribution >= 0.6 is 11.6 Å². The van der Waals surface area contributed by atoms with Crippen molar-refractivity contribution in [2.75, 3.05) is 0 Å². The Labute approximate surface area is 185 Å². The minimum absolute atomic E-state index is 0.0480. The summed E-state index contributed by atoms with van der Waals surface area (Å²) < 4.78 is 60.0. The number of carbonyl (C=O) groups excluding carboxylic acids is 1. The lowest BCUT2D eigenvalue weighted by molar-refractivity contribution is -0.137. The van der Waals surface area contributed by atoms with Gasteiger partial charge in [0.05, 0.1) is 28.4 Å². The highest BCUT2D eigenvalue weighted by Gasteiger charge is 2.34. The highest BCUT2D eigenvalue weighted by atomic mass is 35.5. The number of rotatable bonds is 4. The summed E-state index contributed by atoms with van der Waals surface area (Å²) in [6, 6.07) is 5.54. The molecule has 0 spiro atoms. The van der Waals surface area contributed by atoms with Crippen LogP contribution in [0.1, 0.15) is 37.1 Å². The number of hydrogen-bond acceptors (Lipinski definition) is 4. The van der Waals surface area contributed by atoms with Gasteiger partial charge in [0, 0.05) is 25.4 Å². The van der Waals surface area contributed by atoms with E-state index in [0.29, 0.717) is 24.2 Å². The van der Waals surface area contributed by atoms with Crippen LogP contribution in [-0.4, -0.2) is 27.6 Å². The topological polar surface area (TPSA) is 67.7 Å². The lowest BCUT2D eigenvalue weighted by atomic mass is 9.97. The van der Waals surface area contributed by atoms with Crippen molar-refractivity contribution in [3.05, 3.63) is 64.8 Å². The van der Waals surface area contributed by atoms with E-state index in [9.17, 15) is 22.4 Å². The molecule has 1 fully saturated rings. The van der Waals surface area contributed by atoms with Crippen molar-refractivity contribution in [2.45, 2.75) is 44.3 Å². The van der Waals surface area contributed by atoms with Crippen molar-refractivity contribution in [2.24, 2.45) is 0 Å². The third-order valence-electron chi connectivity index (χ3n) is 5.19. The molecule has 1 aliphatic heterocycles. The van der Waals surface area contributed by atoms with Crippen LogP contribution in [0.5, 0.6) is 5.75 Å². The maximum Gasteiger partial charge on any atom is 0.417 e. The van der Waals surface area contributed by atoms with Crippen LogP contribution in [0.25, 0.3) is 5.65 Å². The molecule has 6 nitrogen and oxygen atoms in total. The van der Waals surface area contributed by atoms with Crippen LogP contribution < -0.4 is 15.4 Å². The molecule has 3 aromatic rings. The highest BCUT2D eigenvalue weighted by molar-refractivity contribution is 6.30. The summed E-state index contributed by atoms with van der Waals surface area (Å²) in [6.07, 6.45) is -1.61. The molecule has 2 N–H and O–H groups in total. The van der Waals surface area contributed by atoms with Gasteiger partial charge in [-0.25, -0.2) is 9.37 Å². The van der Waals surface area contributed by atoms with Crippen molar-refractivity contribution in [1.29, 1.82) is 0 Å². The molecule has 3 atom stereocenters. The fourth-order valence-corrected chi connectivity index (χ4v) is 3.82. The molecule has 0 saturated carbocycles. The number of fused-ring (bicyclic) bond motifs is 1. The Bertz CT molecular complexity index is 1150. The fourth-order valence-electron chi connectivity index (χ4n) is 3.70. The number of aromatic nitrogens is 2. The summed E-state index contributed by atoms with van der Waals surface area (Å²) in [5, 5.41) is 5.98. The van der Waals surface area contributed by atoms with E-state index in [1.54, 1.807) is 0 Å². The molecule has 1 saturated heterocycles. The summed E-state index contributed by atoms with van der Waals surface area (Å²) in [5.41, 5.74) is 0.125. The molecule has 2 aromatic heterocycles. The van der Waals surface area contributed by atoms with Gasteiger partial charge >= 0.3 is 6.18 Å². The predicted octanol–water partition coefficient (Wildman–Crippen LogP) is 4.48. The SMILES string of the molecule is CC(=O)N[C@H]1CC[C@H](c2cn3cc(C(F)(F)F)ccc3n2)NC1Oc1ccc(Cl)c(F)c1. The molecular formula is C21H19ClF4N4O2. The number of ether oxygens (including phenoxy) is 1. The Hall–Kier alpha value is -2.85. The van der Waals surface area contributed by atoms with Gasteiger partial charge in [-0.2, -0.15) is 13.2 Å². The molecule has 1 aliphatic rings. The van der Waals surface area contributed by atoms with E-state index in [0.717, 1.165) is 18.3 Å². The smallest absolute Gasteiger partial charge is 0.417 e. The van der Waals surface area contributed by atoms with Crippen molar-refractivity contribution < 1.29 is 27.1 Å². The Balaban J connectivity index is 1.58. The number of halogens is 5. The molecule has 1 amide bonds. The van der Waals surface area contributed by atoms with Crippen LogP contribution in [0.4, 0.5) is 17.6 Å². The van der Waals surface area contributed by atoms with E-state index in [2.05, 4.69) is 15.6 Å². The van der Waals surface area contributed by atoms with E-state index >= 15 is 0 Å². The fraction of sp³-hybridized carbons (Fsp3) is 0.333. The van der Waals surface area contributed by atoms with Gasteiger partial charge in [-0.3, -0.25) is 10.1 Å². The molecule has 0 bridgehead atoms. The molecule has 1 aromatic carbocycles. The van der Waals surface area contributed by atoms with E-state index in [1.807, 2.05) is 0 Å². The van der Waals surface area contributed by atoms with E-state index in [1.165, 1.54) is 35.7 Å². The normalized spacial score (nSPS) is 21.5. The van der Waals surface area contributed by atoms with E-state index < -0.39 is 29.8 Å². The number of nitrogens with zero attached hydrogens (tertiary/aromatic N) is 2. The Kier molecular flexibility index (Phi) is 6.00. The van der Waals surface area contributed by atoms with Crippen LogP contribution in [0.3, 0.4) is 0 Å². The van der Waals surface area contributed by atoms with Crippen molar-refractivity contribution in [3.8, 4) is 5.75 Å². The number of pyridine rings is 1. The van der Waals surface area contributed by atoms with Crippen molar-refractivity contribution in [1.82, 2.24) is 20.0 Å². The van der Waals surface area contributed by atoms with Crippen molar-refractivity contribution >= 4 is 23.2 Å². The minimum atomic E-state index is -4.46. The molecule has 3 heterocycles.